The van der Waals surface area contributed by atoms with Crippen LogP contribution in [-0.4, -0.2) is 18.1 Å². The third-order valence-corrected chi connectivity index (χ3v) is 2.85. The minimum Gasteiger partial charge on any atom is -0.396 e. The zero-order valence-electron chi connectivity index (χ0n) is 10.1. The maximum absolute atomic E-state index is 8.73. The number of hydrogen-bond acceptors (Lipinski definition) is 4. The second-order valence-electron chi connectivity index (χ2n) is 3.83. The molecule has 0 unspecified atom stereocenters. The molecule has 0 aliphatic rings. The van der Waals surface area contributed by atoms with Gasteiger partial charge in [0.2, 0.25) is 0 Å². The summed E-state index contributed by atoms with van der Waals surface area (Å²) in [4.78, 5) is 6.32. The van der Waals surface area contributed by atoms with E-state index in [-0.39, 0.29) is 0 Å². The number of nitrogens with zero attached hydrogens (tertiary/aromatic N) is 3. The lowest BCUT2D eigenvalue weighted by Crippen LogP contribution is -2.31. The average Bonchev–Trinajstić information content (AvgIpc) is 2.30. The van der Waals surface area contributed by atoms with Gasteiger partial charge in [0.1, 0.15) is 6.07 Å². The van der Waals surface area contributed by atoms with E-state index < -0.39 is 0 Å². The number of nitriles is 1. The minimum absolute atomic E-state index is 0.433. The van der Waals surface area contributed by atoms with Crippen molar-refractivity contribution in [3.8, 4) is 6.07 Å². The maximum Gasteiger partial charge on any atom is 0.151 e. The molecule has 0 saturated heterocycles. The summed E-state index contributed by atoms with van der Waals surface area (Å²) in [6.45, 7) is 4.29. The van der Waals surface area contributed by atoms with Gasteiger partial charge in [-0.2, -0.15) is 5.26 Å². The Kier molecular flexibility index (Phi) is 4.12. The lowest BCUT2D eigenvalue weighted by molar-refractivity contribution is 0.587. The van der Waals surface area contributed by atoms with Crippen LogP contribution in [0.4, 0.5) is 11.5 Å². The predicted molar refractivity (Wildman–Crippen MR) is 66.1 cm³/mol. The lowest BCUT2D eigenvalue weighted by atomic mass is 10.1. The number of hydrogen-bond donors (Lipinski definition) is 1. The summed E-state index contributed by atoms with van der Waals surface area (Å²) in [5, 5.41) is 8.73. The van der Waals surface area contributed by atoms with Gasteiger partial charge >= 0.3 is 0 Å². The predicted octanol–water partition coefficient (Wildman–Crippen LogP) is 2.16. The highest BCUT2D eigenvalue weighted by atomic mass is 15.2. The summed E-state index contributed by atoms with van der Waals surface area (Å²) in [7, 11) is 1.99. The molecule has 0 aliphatic heterocycles. The zero-order chi connectivity index (χ0) is 12.1. The number of nitrogen functional groups attached to an aromatic ring is 1. The molecule has 1 aromatic rings. The third-order valence-electron chi connectivity index (χ3n) is 2.85. The first-order valence-electron chi connectivity index (χ1n) is 5.52. The second-order valence-corrected chi connectivity index (χ2v) is 3.83. The van der Waals surface area contributed by atoms with Crippen LogP contribution in [0.1, 0.15) is 32.3 Å². The van der Waals surface area contributed by atoms with Crippen molar-refractivity contribution in [2.45, 2.75) is 32.7 Å². The molecule has 0 aromatic carbocycles. The van der Waals surface area contributed by atoms with Crippen LogP contribution in [0, 0.1) is 11.3 Å². The molecule has 0 bridgehead atoms. The van der Waals surface area contributed by atoms with Gasteiger partial charge in [-0.15, -0.1) is 0 Å². The smallest absolute Gasteiger partial charge is 0.151 e. The first kappa shape index (κ1) is 12.3. The fourth-order valence-corrected chi connectivity index (χ4v) is 1.84. The van der Waals surface area contributed by atoms with Crippen molar-refractivity contribution in [2.24, 2.45) is 0 Å². The fraction of sp³-hybridized carbons (Fsp3) is 0.500. The molecule has 0 atom stereocenters. The quantitative estimate of drug-likeness (QED) is 0.841. The Morgan fingerprint density at radius 3 is 2.56 bits per heavy atom. The second kappa shape index (κ2) is 5.36. The van der Waals surface area contributed by atoms with E-state index in [9.17, 15) is 0 Å². The van der Waals surface area contributed by atoms with Gasteiger partial charge in [-0.25, -0.2) is 4.98 Å². The standard InChI is InChI=1S/C12H18N4/c1-4-10(5-2)16(3)12-11(14)6-9(7-13)8-15-12/h6,8,10H,4-5,14H2,1-3H3. The molecule has 0 fully saturated rings. The van der Waals surface area contributed by atoms with E-state index in [4.69, 9.17) is 11.0 Å². The molecule has 4 heteroatoms. The molecule has 1 heterocycles. The monoisotopic (exact) mass is 218 g/mol. The SMILES string of the molecule is CCC(CC)N(C)c1ncc(C#N)cc1N. The summed E-state index contributed by atoms with van der Waals surface area (Å²) in [5.74, 6) is 0.757. The van der Waals surface area contributed by atoms with Gasteiger partial charge in [0.05, 0.1) is 11.3 Å². The molecule has 2 N–H and O–H groups in total. The molecule has 0 radical (unpaired) electrons. The lowest BCUT2D eigenvalue weighted by Gasteiger charge is -2.28. The van der Waals surface area contributed by atoms with Gasteiger partial charge in [-0.1, -0.05) is 13.8 Å². The number of rotatable bonds is 4. The fourth-order valence-electron chi connectivity index (χ4n) is 1.84. The Morgan fingerprint density at radius 1 is 1.50 bits per heavy atom. The van der Waals surface area contributed by atoms with Crippen LogP contribution in [0.3, 0.4) is 0 Å². The number of aromatic nitrogens is 1. The Balaban J connectivity index is 3.00. The first-order chi connectivity index (χ1) is 7.63. The van der Waals surface area contributed by atoms with Crippen LogP contribution in [0.25, 0.3) is 0 Å². The summed E-state index contributed by atoms with van der Waals surface area (Å²) in [6, 6.07) is 4.13. The van der Waals surface area contributed by atoms with Crippen LogP contribution >= 0.6 is 0 Å². The van der Waals surface area contributed by atoms with Gasteiger partial charge in [0.25, 0.3) is 0 Å². The van der Waals surface area contributed by atoms with Gasteiger partial charge in [-0.3, -0.25) is 0 Å². The minimum atomic E-state index is 0.433. The highest BCUT2D eigenvalue weighted by molar-refractivity contribution is 5.64. The molecule has 0 amide bonds. The van der Waals surface area contributed by atoms with Gasteiger partial charge in [0.15, 0.2) is 5.82 Å². The van der Waals surface area contributed by atoms with Crippen molar-refractivity contribution in [3.05, 3.63) is 17.8 Å². The Labute approximate surface area is 96.7 Å². The summed E-state index contributed by atoms with van der Waals surface area (Å²) < 4.78 is 0. The van der Waals surface area contributed by atoms with Gasteiger partial charge < -0.3 is 10.6 Å². The zero-order valence-corrected chi connectivity index (χ0v) is 10.1. The topological polar surface area (TPSA) is 65.9 Å². The number of anilines is 2. The van der Waals surface area contributed by atoms with E-state index in [1.54, 1.807) is 12.3 Å². The van der Waals surface area contributed by atoms with Crippen molar-refractivity contribution in [1.82, 2.24) is 4.98 Å². The highest BCUT2D eigenvalue weighted by Crippen LogP contribution is 2.23. The molecular formula is C12H18N4. The normalized spacial score (nSPS) is 10.2. The van der Waals surface area contributed by atoms with Gasteiger partial charge in [0, 0.05) is 19.3 Å². The van der Waals surface area contributed by atoms with Crippen LogP contribution < -0.4 is 10.6 Å². The van der Waals surface area contributed by atoms with E-state index in [0.717, 1.165) is 18.7 Å². The number of pyridine rings is 1. The average molecular weight is 218 g/mol. The van der Waals surface area contributed by atoms with E-state index >= 15 is 0 Å². The molecule has 1 aromatic heterocycles. The van der Waals surface area contributed by atoms with E-state index in [1.165, 1.54) is 0 Å². The van der Waals surface area contributed by atoms with E-state index in [0.29, 0.717) is 17.3 Å². The largest absolute Gasteiger partial charge is 0.396 e. The van der Waals surface area contributed by atoms with E-state index in [1.807, 2.05) is 13.1 Å². The van der Waals surface area contributed by atoms with Crippen LogP contribution in [0.2, 0.25) is 0 Å². The van der Waals surface area contributed by atoms with Crippen molar-refractivity contribution in [3.63, 3.8) is 0 Å². The van der Waals surface area contributed by atoms with Crippen molar-refractivity contribution < 1.29 is 0 Å². The Hall–Kier alpha value is -1.76. The Morgan fingerprint density at radius 2 is 2.12 bits per heavy atom. The molecule has 0 saturated carbocycles. The summed E-state index contributed by atoms with van der Waals surface area (Å²) in [6.07, 6.45) is 3.66. The highest BCUT2D eigenvalue weighted by Gasteiger charge is 2.14. The molecule has 86 valence electrons. The van der Waals surface area contributed by atoms with Gasteiger partial charge in [-0.05, 0) is 18.9 Å². The maximum atomic E-state index is 8.73. The van der Waals surface area contributed by atoms with Crippen LogP contribution in [0.5, 0.6) is 0 Å². The molecule has 0 aliphatic carbocycles. The molecule has 16 heavy (non-hydrogen) atoms. The summed E-state index contributed by atoms with van der Waals surface area (Å²) in [5.41, 5.74) is 6.95. The third kappa shape index (κ3) is 2.43. The van der Waals surface area contributed by atoms with E-state index in [2.05, 4.69) is 23.7 Å². The summed E-state index contributed by atoms with van der Waals surface area (Å²) >= 11 is 0. The molecule has 0 spiro atoms. The van der Waals surface area contributed by atoms with Crippen molar-refractivity contribution in [2.75, 3.05) is 17.7 Å². The molecule has 1 rings (SSSR count). The molecule has 4 nitrogen and oxygen atoms in total. The van der Waals surface area contributed by atoms with Crippen molar-refractivity contribution in [1.29, 1.82) is 5.26 Å². The van der Waals surface area contributed by atoms with Crippen LogP contribution in [-0.2, 0) is 0 Å². The first-order valence-corrected chi connectivity index (χ1v) is 5.52. The molecular weight excluding hydrogens is 200 g/mol. The van der Waals surface area contributed by atoms with Crippen molar-refractivity contribution >= 4 is 11.5 Å². The van der Waals surface area contributed by atoms with Crippen LogP contribution in [0.15, 0.2) is 12.3 Å². The number of nitrogens with two attached hydrogens (primary N) is 1. The Bertz CT molecular complexity index is 390.